The first-order valence-electron chi connectivity index (χ1n) is 16.7. The zero-order valence-electron chi connectivity index (χ0n) is 31.0. The fraction of sp³-hybridized carbons (Fsp3) is 0.381. The van der Waals surface area contributed by atoms with Crippen LogP contribution in [0, 0.1) is 43.7 Å². The van der Waals surface area contributed by atoms with E-state index in [4.69, 9.17) is 9.97 Å². The molecule has 4 nitrogen and oxygen atoms in total. The SMILES string of the molecule is CC(C)(C)Cc1cc(-c2[c-]cccc2)ncc1[Si](C)(C)C.Cc1nc(C)c(-c2cnc(-c3[c-]cccc3)cc2CC(C)(C)C)c(C)n1.[Ir]. The first-order chi connectivity index (χ1) is 21.9. The van der Waals surface area contributed by atoms with Crippen molar-refractivity contribution >= 4 is 13.3 Å². The van der Waals surface area contributed by atoms with Gasteiger partial charge in [0.1, 0.15) is 5.82 Å². The van der Waals surface area contributed by atoms with E-state index in [0.29, 0.717) is 0 Å². The molecule has 48 heavy (non-hydrogen) atoms. The summed E-state index contributed by atoms with van der Waals surface area (Å²) in [6.07, 6.45) is 6.14. The maximum atomic E-state index is 4.73. The molecule has 0 aliphatic heterocycles. The number of hydrogen-bond donors (Lipinski definition) is 0. The molecule has 0 amide bonds. The number of aryl methyl sites for hydroxylation is 3. The van der Waals surface area contributed by atoms with Crippen LogP contribution < -0.4 is 5.19 Å². The van der Waals surface area contributed by atoms with E-state index < -0.39 is 8.07 Å². The third-order valence-electron chi connectivity index (χ3n) is 7.85. The van der Waals surface area contributed by atoms with Gasteiger partial charge in [-0.1, -0.05) is 78.9 Å². The Hall–Kier alpha value is -3.31. The Morgan fingerprint density at radius 1 is 0.646 bits per heavy atom. The molecule has 0 bridgehead atoms. The average molecular weight is 833 g/mol. The van der Waals surface area contributed by atoms with Crippen molar-refractivity contribution in [2.75, 3.05) is 0 Å². The maximum absolute atomic E-state index is 4.73. The van der Waals surface area contributed by atoms with Gasteiger partial charge in [-0.2, -0.15) is 0 Å². The summed E-state index contributed by atoms with van der Waals surface area (Å²) in [6, 6.07) is 27.1. The molecule has 0 fully saturated rings. The van der Waals surface area contributed by atoms with Crippen LogP contribution in [0.15, 0.2) is 73.1 Å². The van der Waals surface area contributed by atoms with Gasteiger partial charge in [0.15, 0.2) is 0 Å². The van der Waals surface area contributed by atoms with Gasteiger partial charge in [0.25, 0.3) is 0 Å². The molecule has 0 atom stereocenters. The van der Waals surface area contributed by atoms with Gasteiger partial charge < -0.3 is 9.97 Å². The third-order valence-corrected chi connectivity index (χ3v) is 9.92. The minimum absolute atomic E-state index is 0. The molecule has 0 N–H and O–H groups in total. The van der Waals surface area contributed by atoms with Crippen LogP contribution in [0.2, 0.25) is 19.6 Å². The predicted octanol–water partition coefficient (Wildman–Crippen LogP) is 10.2. The number of hydrogen-bond acceptors (Lipinski definition) is 4. The van der Waals surface area contributed by atoms with Gasteiger partial charge in [-0.05, 0) is 66.6 Å². The quantitative estimate of drug-likeness (QED) is 0.126. The molecule has 0 saturated heterocycles. The van der Waals surface area contributed by atoms with E-state index in [2.05, 4.69) is 122 Å². The van der Waals surface area contributed by atoms with Gasteiger partial charge in [0.05, 0.1) is 8.07 Å². The monoisotopic (exact) mass is 833 g/mol. The molecule has 3 heterocycles. The van der Waals surface area contributed by atoms with Crippen molar-refractivity contribution in [1.82, 2.24) is 19.9 Å². The van der Waals surface area contributed by atoms with Gasteiger partial charge in [-0.15, -0.1) is 71.8 Å². The number of aromatic nitrogens is 4. The van der Waals surface area contributed by atoms with Crippen molar-refractivity contribution in [3.8, 4) is 33.6 Å². The van der Waals surface area contributed by atoms with Gasteiger partial charge in [0.2, 0.25) is 0 Å². The zero-order chi connectivity index (χ0) is 34.6. The fourth-order valence-electron chi connectivity index (χ4n) is 6.00. The van der Waals surface area contributed by atoms with E-state index in [1.54, 1.807) is 0 Å². The van der Waals surface area contributed by atoms with Crippen molar-refractivity contribution in [2.45, 2.75) is 94.8 Å². The number of benzene rings is 2. The Morgan fingerprint density at radius 3 is 1.54 bits per heavy atom. The average Bonchev–Trinajstić information content (AvgIpc) is 2.96. The fourth-order valence-corrected chi connectivity index (χ4v) is 7.58. The van der Waals surface area contributed by atoms with E-state index in [0.717, 1.165) is 63.7 Å². The summed E-state index contributed by atoms with van der Waals surface area (Å²) >= 11 is 0. The molecular weight excluding hydrogens is 781 g/mol. The number of pyridine rings is 2. The summed E-state index contributed by atoms with van der Waals surface area (Å²) in [5.74, 6) is 0.810. The zero-order valence-corrected chi connectivity index (χ0v) is 34.4. The Kier molecular flexibility index (Phi) is 13.0. The van der Waals surface area contributed by atoms with Crippen molar-refractivity contribution in [1.29, 1.82) is 0 Å². The van der Waals surface area contributed by atoms with Gasteiger partial charge in [0, 0.05) is 55.0 Å². The van der Waals surface area contributed by atoms with Crippen molar-refractivity contribution in [2.24, 2.45) is 10.8 Å². The van der Waals surface area contributed by atoms with Crippen LogP contribution in [-0.4, -0.2) is 28.0 Å². The second-order valence-electron chi connectivity index (χ2n) is 16.0. The minimum Gasteiger partial charge on any atom is -0.305 e. The molecule has 5 rings (SSSR count). The number of rotatable bonds is 6. The molecule has 0 saturated carbocycles. The van der Waals surface area contributed by atoms with Crippen LogP contribution in [0.25, 0.3) is 33.6 Å². The Bertz CT molecular complexity index is 1780. The summed E-state index contributed by atoms with van der Waals surface area (Å²) in [4.78, 5) is 18.6. The molecule has 2 aromatic carbocycles. The molecule has 0 aliphatic rings. The molecule has 0 spiro atoms. The van der Waals surface area contributed by atoms with E-state index >= 15 is 0 Å². The normalized spacial score (nSPS) is 11.8. The van der Waals surface area contributed by atoms with Crippen molar-refractivity contribution < 1.29 is 20.1 Å². The van der Waals surface area contributed by atoms with Crippen LogP contribution in [0.5, 0.6) is 0 Å². The summed E-state index contributed by atoms with van der Waals surface area (Å²) < 4.78 is 0. The van der Waals surface area contributed by atoms with Crippen molar-refractivity contribution in [3.05, 3.63) is 114 Å². The Balaban J connectivity index is 0.000000261. The van der Waals surface area contributed by atoms with Gasteiger partial charge >= 0.3 is 0 Å². The molecular formula is C42H52IrN4Si-2. The second kappa shape index (κ2) is 15.9. The molecule has 255 valence electrons. The molecule has 5 aromatic rings. The topological polar surface area (TPSA) is 51.6 Å². The van der Waals surface area contributed by atoms with E-state index in [1.165, 1.54) is 16.3 Å². The van der Waals surface area contributed by atoms with E-state index in [1.807, 2.05) is 55.6 Å². The Labute approximate surface area is 304 Å². The van der Waals surface area contributed by atoms with Crippen LogP contribution in [0.3, 0.4) is 0 Å². The maximum Gasteiger partial charge on any atom is 0.125 e. The molecule has 0 aliphatic carbocycles. The smallest absolute Gasteiger partial charge is 0.125 e. The van der Waals surface area contributed by atoms with E-state index in [-0.39, 0.29) is 30.9 Å². The third kappa shape index (κ3) is 10.8. The second-order valence-corrected chi connectivity index (χ2v) is 21.1. The largest absolute Gasteiger partial charge is 0.305 e. The first-order valence-corrected chi connectivity index (χ1v) is 20.2. The van der Waals surface area contributed by atoms with E-state index in [9.17, 15) is 0 Å². The summed E-state index contributed by atoms with van der Waals surface area (Å²) in [5.41, 5.74) is 11.5. The van der Waals surface area contributed by atoms with Crippen LogP contribution in [0.1, 0.15) is 69.9 Å². The summed E-state index contributed by atoms with van der Waals surface area (Å²) in [5, 5.41) is 1.48. The predicted molar refractivity (Wildman–Crippen MR) is 202 cm³/mol. The van der Waals surface area contributed by atoms with Gasteiger partial charge in [-0.3, -0.25) is 0 Å². The molecule has 3 aromatic heterocycles. The summed E-state index contributed by atoms with van der Waals surface area (Å²) in [6.45, 7) is 26.9. The standard InChI is InChI=1S/C23H26N3.C19H26NSi.Ir/c1-15-22(16(2)26-17(3)25-15)20-14-24-21(18-10-8-7-9-11-18)12-19(20)13-23(4,5)6;1-19(2,3)13-16-12-17(15-10-8-7-9-11-15)20-14-18(16)21(4,5)6;/h7-10,12,14H,13H2,1-6H3;7-10,12,14H,13H2,1-6H3;/q2*-1;. The number of nitrogens with zero attached hydrogens (tertiary/aromatic N) is 4. The van der Waals surface area contributed by atoms with Crippen LogP contribution in [-0.2, 0) is 32.9 Å². The van der Waals surface area contributed by atoms with Crippen LogP contribution in [0.4, 0.5) is 0 Å². The molecule has 0 unspecified atom stereocenters. The van der Waals surface area contributed by atoms with Crippen LogP contribution >= 0.6 is 0 Å². The minimum atomic E-state index is -1.37. The molecule has 1 radical (unpaired) electrons. The van der Waals surface area contributed by atoms with Gasteiger partial charge in [-0.25, -0.2) is 9.97 Å². The molecule has 6 heteroatoms. The summed E-state index contributed by atoms with van der Waals surface area (Å²) in [7, 11) is -1.37. The Morgan fingerprint density at radius 2 is 1.10 bits per heavy atom. The first kappa shape index (κ1) is 39.1. The van der Waals surface area contributed by atoms with Crippen molar-refractivity contribution in [3.63, 3.8) is 0 Å².